The van der Waals surface area contributed by atoms with Crippen LogP contribution in [0.4, 0.5) is 0 Å². The maximum Gasteiger partial charge on any atom is 0.135 e. The second-order valence-electron chi connectivity index (χ2n) is 13.0. The van der Waals surface area contributed by atoms with E-state index in [0.717, 1.165) is 44.8 Å². The van der Waals surface area contributed by atoms with Gasteiger partial charge in [0, 0.05) is 44.3 Å². The molecular formula is C44H29N3O. The van der Waals surface area contributed by atoms with Gasteiger partial charge in [0.1, 0.15) is 11.4 Å². The first-order chi connectivity index (χ1) is 23.6. The Morgan fingerprint density at radius 3 is 1.98 bits per heavy atom. The highest BCUT2D eigenvalue weighted by Crippen LogP contribution is 2.50. The van der Waals surface area contributed by atoms with Crippen LogP contribution in [0, 0.1) is 11.3 Å². The van der Waals surface area contributed by atoms with E-state index in [9.17, 15) is 5.26 Å². The Labute approximate surface area is 277 Å². The van der Waals surface area contributed by atoms with Crippen molar-refractivity contribution in [3.8, 4) is 34.3 Å². The monoisotopic (exact) mass is 615 g/mol. The van der Waals surface area contributed by atoms with Crippen molar-refractivity contribution in [2.24, 2.45) is 0 Å². The number of rotatable bonds is 3. The highest BCUT2D eigenvalue weighted by molar-refractivity contribution is 6.11. The summed E-state index contributed by atoms with van der Waals surface area (Å²) in [5.74, 6) is 1.13. The molecule has 0 saturated heterocycles. The molecule has 4 heteroatoms. The van der Waals surface area contributed by atoms with Crippen LogP contribution in [0.5, 0.6) is 5.75 Å². The van der Waals surface area contributed by atoms with E-state index in [2.05, 4.69) is 162 Å². The Bertz CT molecular complexity index is 2680. The molecule has 0 N–H and O–H groups in total. The average Bonchev–Trinajstić information content (AvgIpc) is 3.75. The Morgan fingerprint density at radius 2 is 1.29 bits per heavy atom. The van der Waals surface area contributed by atoms with E-state index >= 15 is 0 Å². The van der Waals surface area contributed by atoms with Gasteiger partial charge in [-0.15, -0.1) is 0 Å². The predicted molar refractivity (Wildman–Crippen MR) is 195 cm³/mol. The standard InChI is InChI=1S/C44H29N3O/c1-44-23-9-8-13-37(44)36-25-42-35(26-43(36)48-44)34-12-4-5-14-38(34)46(42)30-20-18-29(19-21-30)31-22-17-28(27-45)24-41(31)47-39-15-6-2-10-32(39)33-11-3-7-16-40(33)47/h2-26,37H,1H3. The third-order valence-electron chi connectivity index (χ3n) is 10.3. The first-order valence-corrected chi connectivity index (χ1v) is 16.4. The Kier molecular flexibility index (Phi) is 5.51. The summed E-state index contributed by atoms with van der Waals surface area (Å²) in [7, 11) is 0. The van der Waals surface area contributed by atoms with Crippen LogP contribution in [-0.4, -0.2) is 14.7 Å². The van der Waals surface area contributed by atoms with Crippen LogP contribution in [0.1, 0.15) is 24.0 Å². The number of benzene rings is 6. The molecule has 4 nitrogen and oxygen atoms in total. The fraction of sp³-hybridized carbons (Fsp3) is 0.0682. The van der Waals surface area contributed by atoms with Gasteiger partial charge in [-0.3, -0.25) is 0 Å². The van der Waals surface area contributed by atoms with E-state index in [1.54, 1.807) is 0 Å². The molecular weight excluding hydrogens is 587 g/mol. The van der Waals surface area contributed by atoms with Crippen molar-refractivity contribution >= 4 is 43.6 Å². The number of nitrogens with zero attached hydrogens (tertiary/aromatic N) is 3. The lowest BCUT2D eigenvalue weighted by atomic mass is 9.82. The predicted octanol–water partition coefficient (Wildman–Crippen LogP) is 10.8. The number of allylic oxidation sites excluding steroid dienone is 2. The molecule has 0 saturated carbocycles. The van der Waals surface area contributed by atoms with Crippen LogP contribution in [0.3, 0.4) is 0 Å². The molecule has 1 aliphatic heterocycles. The molecule has 8 aromatic rings. The highest BCUT2D eigenvalue weighted by Gasteiger charge is 2.43. The molecule has 3 heterocycles. The van der Waals surface area contributed by atoms with Crippen molar-refractivity contribution in [2.45, 2.75) is 18.4 Å². The second-order valence-corrected chi connectivity index (χ2v) is 13.0. The largest absolute Gasteiger partial charge is 0.482 e. The molecule has 2 aliphatic rings. The lowest BCUT2D eigenvalue weighted by Gasteiger charge is -2.27. The molecule has 0 bridgehead atoms. The molecule has 10 rings (SSSR count). The number of ether oxygens (including phenoxy) is 1. The van der Waals surface area contributed by atoms with Crippen LogP contribution >= 0.6 is 0 Å². The van der Waals surface area contributed by atoms with E-state index in [1.807, 2.05) is 12.1 Å². The third-order valence-corrected chi connectivity index (χ3v) is 10.3. The summed E-state index contributed by atoms with van der Waals surface area (Å²) in [6.45, 7) is 2.17. The lowest BCUT2D eigenvalue weighted by Crippen LogP contribution is -2.32. The molecule has 2 aromatic heterocycles. The summed E-state index contributed by atoms with van der Waals surface area (Å²) in [5.41, 5.74) is 10.3. The van der Waals surface area contributed by atoms with Crippen LogP contribution < -0.4 is 4.74 Å². The SMILES string of the molecule is CC12C=CC=CC1c1cc3c(cc1O2)c1ccccc1n3-c1ccc(-c2ccc(C#N)cc2-n2c3ccccc3c3ccccc32)cc1. The first-order valence-electron chi connectivity index (χ1n) is 16.4. The molecule has 0 spiro atoms. The van der Waals surface area contributed by atoms with Gasteiger partial charge in [0.2, 0.25) is 0 Å². The van der Waals surface area contributed by atoms with Crippen molar-refractivity contribution in [3.05, 3.63) is 163 Å². The van der Waals surface area contributed by atoms with Gasteiger partial charge in [-0.05, 0) is 73.2 Å². The maximum absolute atomic E-state index is 9.92. The number of fused-ring (bicyclic) bond motifs is 9. The first kappa shape index (κ1) is 26.9. The topological polar surface area (TPSA) is 42.9 Å². The number of para-hydroxylation sites is 3. The van der Waals surface area contributed by atoms with Gasteiger partial charge in [-0.1, -0.05) is 91.0 Å². The summed E-state index contributed by atoms with van der Waals surface area (Å²) < 4.78 is 11.3. The second kappa shape index (κ2) is 9.84. The quantitative estimate of drug-likeness (QED) is 0.198. The maximum atomic E-state index is 9.92. The number of hydrogen-bond donors (Lipinski definition) is 0. The van der Waals surface area contributed by atoms with Crippen LogP contribution in [-0.2, 0) is 0 Å². The number of nitriles is 1. The van der Waals surface area contributed by atoms with Gasteiger partial charge < -0.3 is 13.9 Å². The molecule has 48 heavy (non-hydrogen) atoms. The Morgan fingerprint density at radius 1 is 0.646 bits per heavy atom. The average molecular weight is 616 g/mol. The summed E-state index contributed by atoms with van der Waals surface area (Å²) >= 11 is 0. The molecule has 2 unspecified atom stereocenters. The van der Waals surface area contributed by atoms with Gasteiger partial charge in [-0.25, -0.2) is 0 Å². The zero-order chi connectivity index (χ0) is 32.0. The van der Waals surface area contributed by atoms with Crippen molar-refractivity contribution in [1.29, 1.82) is 5.26 Å². The smallest absolute Gasteiger partial charge is 0.135 e. The van der Waals surface area contributed by atoms with Crippen LogP contribution in [0.25, 0.3) is 66.1 Å². The fourth-order valence-corrected chi connectivity index (χ4v) is 8.09. The highest BCUT2D eigenvalue weighted by atomic mass is 16.5. The van der Waals surface area contributed by atoms with Gasteiger partial charge >= 0.3 is 0 Å². The number of hydrogen-bond acceptors (Lipinski definition) is 2. The minimum absolute atomic E-state index is 0.173. The molecule has 0 amide bonds. The van der Waals surface area contributed by atoms with Gasteiger partial charge in [0.15, 0.2) is 0 Å². The molecule has 226 valence electrons. The van der Waals surface area contributed by atoms with E-state index in [-0.39, 0.29) is 11.5 Å². The fourth-order valence-electron chi connectivity index (χ4n) is 8.09. The van der Waals surface area contributed by atoms with Gasteiger partial charge in [0.25, 0.3) is 0 Å². The normalized spacial score (nSPS) is 18.0. The van der Waals surface area contributed by atoms with Crippen molar-refractivity contribution in [2.75, 3.05) is 0 Å². The number of aromatic nitrogens is 2. The Hall–Kier alpha value is -6.31. The summed E-state index contributed by atoms with van der Waals surface area (Å²) in [5, 5.41) is 14.7. The van der Waals surface area contributed by atoms with E-state index < -0.39 is 0 Å². The molecule has 6 aromatic carbocycles. The zero-order valence-corrected chi connectivity index (χ0v) is 26.3. The van der Waals surface area contributed by atoms with Gasteiger partial charge in [-0.2, -0.15) is 5.26 Å². The summed E-state index contributed by atoms with van der Waals surface area (Å²) in [6, 6.07) is 47.4. The molecule has 2 atom stereocenters. The van der Waals surface area contributed by atoms with E-state index in [1.165, 1.54) is 32.6 Å². The Balaban J connectivity index is 1.15. The minimum atomic E-state index is -0.368. The van der Waals surface area contributed by atoms with Crippen molar-refractivity contribution in [1.82, 2.24) is 9.13 Å². The molecule has 0 fully saturated rings. The minimum Gasteiger partial charge on any atom is -0.482 e. The van der Waals surface area contributed by atoms with E-state index in [4.69, 9.17) is 4.74 Å². The summed E-state index contributed by atoms with van der Waals surface area (Å²) in [4.78, 5) is 0. The summed E-state index contributed by atoms with van der Waals surface area (Å²) in [6.07, 6.45) is 8.63. The molecule has 1 aliphatic carbocycles. The zero-order valence-electron chi connectivity index (χ0n) is 26.3. The van der Waals surface area contributed by atoms with Crippen molar-refractivity contribution < 1.29 is 4.74 Å². The van der Waals surface area contributed by atoms with E-state index in [0.29, 0.717) is 5.56 Å². The van der Waals surface area contributed by atoms with Crippen LogP contribution in [0.15, 0.2) is 152 Å². The third kappa shape index (κ3) is 3.70. The molecule has 0 radical (unpaired) electrons. The van der Waals surface area contributed by atoms with Crippen molar-refractivity contribution in [3.63, 3.8) is 0 Å². The lowest BCUT2D eigenvalue weighted by molar-refractivity contribution is 0.155. The van der Waals surface area contributed by atoms with Crippen LogP contribution in [0.2, 0.25) is 0 Å². The van der Waals surface area contributed by atoms with Gasteiger partial charge in [0.05, 0.1) is 39.4 Å².